The van der Waals surface area contributed by atoms with Crippen LogP contribution in [-0.4, -0.2) is 14.5 Å². The second-order valence-corrected chi connectivity index (χ2v) is 14.4. The summed E-state index contributed by atoms with van der Waals surface area (Å²) in [5.74, 6) is 0.657. The number of hydrogen-bond donors (Lipinski definition) is 0. The first kappa shape index (κ1) is 29.5. The molecule has 2 aromatic heterocycles. The Kier molecular flexibility index (Phi) is 5.98. The average molecular weight is 686 g/mol. The van der Waals surface area contributed by atoms with Gasteiger partial charge in [-0.25, -0.2) is 9.97 Å². The van der Waals surface area contributed by atoms with E-state index >= 15 is 0 Å². The first-order chi connectivity index (χ1) is 26.8. The largest absolute Gasteiger partial charge is 0.278 e. The molecule has 3 heteroatoms. The lowest BCUT2D eigenvalue weighted by molar-refractivity contribution is 0.783. The predicted octanol–water partition coefficient (Wildman–Crippen LogP) is 12.4. The van der Waals surface area contributed by atoms with Crippen molar-refractivity contribution in [2.75, 3.05) is 0 Å². The van der Waals surface area contributed by atoms with Crippen molar-refractivity contribution < 1.29 is 0 Å². The van der Waals surface area contributed by atoms with E-state index in [2.05, 4.69) is 193 Å². The molecule has 250 valence electrons. The molecule has 54 heavy (non-hydrogen) atoms. The summed E-state index contributed by atoms with van der Waals surface area (Å²) < 4.78 is 2.32. The van der Waals surface area contributed by atoms with E-state index in [1.165, 1.54) is 54.9 Å². The summed E-state index contributed by atoms with van der Waals surface area (Å²) >= 11 is 0. The molecule has 0 N–H and O–H groups in total. The van der Waals surface area contributed by atoms with Gasteiger partial charge in [-0.2, -0.15) is 0 Å². The molecule has 0 saturated carbocycles. The molecule has 0 saturated heterocycles. The van der Waals surface area contributed by atoms with Crippen molar-refractivity contribution in [2.45, 2.75) is 5.41 Å². The van der Waals surface area contributed by atoms with Gasteiger partial charge in [-0.1, -0.05) is 176 Å². The molecule has 12 rings (SSSR count). The van der Waals surface area contributed by atoms with E-state index < -0.39 is 5.41 Å². The third kappa shape index (κ3) is 3.75. The minimum absolute atomic E-state index is 0.470. The summed E-state index contributed by atoms with van der Waals surface area (Å²) in [6, 6.07) is 68.0. The van der Waals surface area contributed by atoms with Gasteiger partial charge in [0.1, 0.15) is 0 Å². The van der Waals surface area contributed by atoms with Gasteiger partial charge in [0, 0.05) is 27.5 Å². The van der Waals surface area contributed by atoms with E-state index in [0.29, 0.717) is 5.95 Å². The molecule has 0 unspecified atom stereocenters. The highest BCUT2D eigenvalue weighted by atomic mass is 15.2. The summed E-state index contributed by atoms with van der Waals surface area (Å²) in [6.45, 7) is 0. The summed E-state index contributed by atoms with van der Waals surface area (Å²) in [4.78, 5) is 11.2. The molecular formula is C51H31N3. The molecule has 0 aliphatic heterocycles. The monoisotopic (exact) mass is 685 g/mol. The minimum atomic E-state index is -0.470. The smallest absolute Gasteiger partial charge is 0.235 e. The molecule has 0 atom stereocenters. The third-order valence-corrected chi connectivity index (χ3v) is 11.8. The molecule has 0 bridgehead atoms. The van der Waals surface area contributed by atoms with Gasteiger partial charge in [-0.3, -0.25) is 4.57 Å². The SMILES string of the molecule is c1ccc(-c2nc(-n3c4cccc5c4c4c6c(cccc6ccc43)C53c4ccccc4-c4ccccc43)nc(-c3ccccc3)c2-c2ccccc2)cc1. The van der Waals surface area contributed by atoms with Crippen molar-refractivity contribution in [2.24, 2.45) is 0 Å². The van der Waals surface area contributed by atoms with Crippen LogP contribution in [0, 0.1) is 0 Å². The highest BCUT2D eigenvalue weighted by Crippen LogP contribution is 2.62. The Morgan fingerprint density at radius 1 is 0.352 bits per heavy atom. The molecule has 10 aromatic rings. The first-order valence-electron chi connectivity index (χ1n) is 18.6. The van der Waals surface area contributed by atoms with Crippen LogP contribution in [0.25, 0.3) is 83.3 Å². The van der Waals surface area contributed by atoms with Crippen LogP contribution in [0.1, 0.15) is 22.3 Å². The fourth-order valence-electron chi connectivity index (χ4n) is 9.76. The van der Waals surface area contributed by atoms with Crippen LogP contribution < -0.4 is 0 Å². The number of hydrogen-bond acceptors (Lipinski definition) is 2. The van der Waals surface area contributed by atoms with Gasteiger partial charge in [0.2, 0.25) is 5.95 Å². The van der Waals surface area contributed by atoms with E-state index in [1.807, 2.05) is 0 Å². The summed E-state index contributed by atoms with van der Waals surface area (Å²) in [5.41, 5.74) is 15.7. The van der Waals surface area contributed by atoms with Crippen LogP contribution in [0.3, 0.4) is 0 Å². The van der Waals surface area contributed by atoms with Gasteiger partial charge < -0.3 is 0 Å². The average Bonchev–Trinajstić information content (AvgIpc) is 3.75. The maximum Gasteiger partial charge on any atom is 0.235 e. The first-order valence-corrected chi connectivity index (χ1v) is 18.6. The van der Waals surface area contributed by atoms with Crippen molar-refractivity contribution in [3.05, 3.63) is 210 Å². The molecule has 2 aliphatic rings. The Labute approximate surface area is 312 Å². The van der Waals surface area contributed by atoms with E-state index in [-0.39, 0.29) is 0 Å². The molecule has 2 aliphatic carbocycles. The van der Waals surface area contributed by atoms with Crippen LogP contribution in [0.5, 0.6) is 0 Å². The lowest BCUT2D eigenvalue weighted by Gasteiger charge is -2.37. The quantitative estimate of drug-likeness (QED) is 0.185. The Bertz CT molecular complexity index is 3040. The van der Waals surface area contributed by atoms with E-state index in [9.17, 15) is 0 Å². The Morgan fingerprint density at radius 3 is 1.44 bits per heavy atom. The molecule has 0 radical (unpaired) electrons. The van der Waals surface area contributed by atoms with Gasteiger partial charge in [-0.15, -0.1) is 0 Å². The third-order valence-electron chi connectivity index (χ3n) is 11.8. The van der Waals surface area contributed by atoms with Crippen molar-refractivity contribution in [1.29, 1.82) is 0 Å². The Hall–Kier alpha value is -7.10. The summed E-state index contributed by atoms with van der Waals surface area (Å²) in [7, 11) is 0. The number of nitrogens with zero attached hydrogens (tertiary/aromatic N) is 3. The maximum absolute atomic E-state index is 5.59. The van der Waals surface area contributed by atoms with Crippen LogP contribution in [0.2, 0.25) is 0 Å². The fourth-order valence-corrected chi connectivity index (χ4v) is 9.76. The number of benzene rings is 8. The fraction of sp³-hybridized carbons (Fsp3) is 0.0196. The Balaban J connectivity index is 1.26. The van der Waals surface area contributed by atoms with Crippen LogP contribution in [-0.2, 0) is 5.41 Å². The number of rotatable bonds is 4. The normalized spacial score (nSPS) is 13.3. The lowest BCUT2D eigenvalue weighted by atomic mass is 9.63. The highest BCUT2D eigenvalue weighted by Gasteiger charge is 2.50. The van der Waals surface area contributed by atoms with Gasteiger partial charge in [0.25, 0.3) is 0 Å². The van der Waals surface area contributed by atoms with Gasteiger partial charge in [-0.05, 0) is 61.8 Å². The molecule has 1 spiro atoms. The van der Waals surface area contributed by atoms with Crippen LogP contribution in [0.4, 0.5) is 0 Å². The van der Waals surface area contributed by atoms with Crippen molar-refractivity contribution in [3.8, 4) is 50.7 Å². The van der Waals surface area contributed by atoms with Crippen molar-refractivity contribution in [3.63, 3.8) is 0 Å². The Morgan fingerprint density at radius 2 is 0.833 bits per heavy atom. The number of fused-ring (bicyclic) bond motifs is 7. The lowest BCUT2D eigenvalue weighted by Crippen LogP contribution is -2.30. The van der Waals surface area contributed by atoms with E-state index in [4.69, 9.17) is 9.97 Å². The topological polar surface area (TPSA) is 30.7 Å². The van der Waals surface area contributed by atoms with Gasteiger partial charge in [0.15, 0.2) is 0 Å². The predicted molar refractivity (Wildman–Crippen MR) is 221 cm³/mol. The summed E-state index contributed by atoms with van der Waals surface area (Å²) in [6.07, 6.45) is 0. The zero-order valence-corrected chi connectivity index (χ0v) is 29.2. The second kappa shape index (κ2) is 11.0. The molecule has 3 nitrogen and oxygen atoms in total. The molecule has 0 amide bonds. The molecule has 8 aromatic carbocycles. The second-order valence-electron chi connectivity index (χ2n) is 14.4. The highest BCUT2D eigenvalue weighted by molar-refractivity contribution is 6.26. The molecular weight excluding hydrogens is 655 g/mol. The van der Waals surface area contributed by atoms with Crippen LogP contribution >= 0.6 is 0 Å². The molecule has 2 heterocycles. The van der Waals surface area contributed by atoms with E-state index in [0.717, 1.165) is 44.7 Å². The van der Waals surface area contributed by atoms with Crippen molar-refractivity contribution >= 4 is 32.6 Å². The van der Waals surface area contributed by atoms with Crippen LogP contribution in [0.15, 0.2) is 188 Å². The van der Waals surface area contributed by atoms with Crippen molar-refractivity contribution in [1.82, 2.24) is 14.5 Å². The van der Waals surface area contributed by atoms with Gasteiger partial charge in [0.05, 0.1) is 27.8 Å². The minimum Gasteiger partial charge on any atom is -0.278 e. The standard InChI is InChI=1S/C51H31N3/c1-4-16-32(17-5-1)45-48(34-18-6-2-7-19-34)52-50(53-49(45)35-20-8-3-9-21-35)54-42-29-15-28-41-46(42)47-43(54)31-30-33-22-14-27-40(44(33)47)51(41)38-25-12-10-23-36(38)37-24-11-13-26-39(37)51/h1-31H. The zero-order valence-electron chi connectivity index (χ0n) is 29.2. The zero-order chi connectivity index (χ0) is 35.4. The van der Waals surface area contributed by atoms with E-state index in [1.54, 1.807) is 0 Å². The molecule has 0 fully saturated rings. The number of aromatic nitrogens is 3. The van der Waals surface area contributed by atoms with Gasteiger partial charge >= 0.3 is 0 Å². The summed E-state index contributed by atoms with van der Waals surface area (Å²) in [5, 5.41) is 5.07. The maximum atomic E-state index is 5.59.